The molecule has 3 aliphatic rings. The molecule has 0 saturated carbocycles. The van der Waals surface area contributed by atoms with E-state index in [9.17, 15) is 24.0 Å². The average Bonchev–Trinajstić information content (AvgIpc) is 3.62. The summed E-state index contributed by atoms with van der Waals surface area (Å²) in [5.74, 6) is -2.63. The third-order valence-electron chi connectivity index (χ3n) is 11.5. The van der Waals surface area contributed by atoms with Crippen molar-refractivity contribution in [2.45, 2.75) is 25.9 Å². The Kier molecular flexibility index (Phi) is 8.54. The van der Waals surface area contributed by atoms with Crippen LogP contribution in [0.1, 0.15) is 72.0 Å². The van der Waals surface area contributed by atoms with E-state index < -0.39 is 42.1 Å². The van der Waals surface area contributed by atoms with Gasteiger partial charge in [0.05, 0.1) is 33.2 Å². The Hall–Kier alpha value is -7.16. The number of hydrogen-bond donors (Lipinski definition) is 0. The first-order valence-electron chi connectivity index (χ1n) is 18.8. The van der Waals surface area contributed by atoms with Crippen LogP contribution in [0.5, 0.6) is 11.5 Å². The Morgan fingerprint density at radius 1 is 0.661 bits per heavy atom. The van der Waals surface area contributed by atoms with Gasteiger partial charge in [-0.15, -0.1) is 0 Å². The fourth-order valence-corrected chi connectivity index (χ4v) is 11.0. The lowest BCUT2D eigenvalue weighted by atomic mass is 9.91. The van der Waals surface area contributed by atoms with E-state index in [1.807, 2.05) is 74.5 Å². The van der Waals surface area contributed by atoms with Gasteiger partial charge in [0.25, 0.3) is 31.0 Å². The van der Waals surface area contributed by atoms with Gasteiger partial charge in [0.2, 0.25) is 0 Å². The van der Waals surface area contributed by atoms with Crippen molar-refractivity contribution in [3.63, 3.8) is 0 Å². The molecule has 0 radical (unpaired) electrons. The minimum Gasteiger partial charge on any atom is -0.438 e. The molecule has 2 unspecified atom stereocenters. The number of carbonyl (C=O) groups is 5. The highest BCUT2D eigenvalue weighted by Gasteiger charge is 2.54. The number of amides is 4. The van der Waals surface area contributed by atoms with Crippen molar-refractivity contribution in [1.82, 2.24) is 4.90 Å². The minimum absolute atomic E-state index is 0.0133. The Morgan fingerprint density at radius 2 is 1.22 bits per heavy atom. The molecule has 0 aliphatic carbocycles. The highest BCUT2D eigenvalue weighted by Crippen LogP contribution is 2.69. The van der Waals surface area contributed by atoms with Gasteiger partial charge in [0, 0.05) is 18.2 Å². The number of ether oxygens (including phenoxy) is 1. The van der Waals surface area contributed by atoms with Crippen LogP contribution in [-0.2, 0) is 14.5 Å². The van der Waals surface area contributed by atoms with Crippen LogP contribution >= 0.6 is 7.37 Å². The van der Waals surface area contributed by atoms with Crippen LogP contribution in [0.2, 0.25) is 0 Å². The zero-order chi connectivity index (χ0) is 41.5. The van der Waals surface area contributed by atoms with Gasteiger partial charge in [-0.05, 0) is 97.1 Å². The Labute approximate surface area is 339 Å². The maximum atomic E-state index is 16.1. The van der Waals surface area contributed by atoms with Crippen LogP contribution in [0.4, 0.5) is 5.69 Å². The number of hydrogen-bond acceptors (Lipinski definition) is 8. The van der Waals surface area contributed by atoms with E-state index >= 15 is 4.57 Å². The van der Waals surface area contributed by atoms with Gasteiger partial charge in [-0.2, -0.15) is 0 Å². The second-order valence-corrected chi connectivity index (χ2v) is 17.7. The molecule has 0 bridgehead atoms. The Balaban J connectivity index is 1.18. The first-order chi connectivity index (χ1) is 28.2. The zero-order valence-electron chi connectivity index (χ0n) is 32.4. The normalized spacial score (nSPS) is 17.4. The van der Waals surface area contributed by atoms with Crippen molar-refractivity contribution >= 4 is 48.0 Å². The van der Waals surface area contributed by atoms with Crippen molar-refractivity contribution in [2.24, 2.45) is 0 Å². The molecule has 59 heavy (non-hydrogen) atoms. The van der Waals surface area contributed by atoms with E-state index in [0.717, 1.165) is 26.5 Å². The molecule has 4 amide bonds. The fourth-order valence-electron chi connectivity index (χ4n) is 8.08. The molecular formula is C48H35N2O8P. The number of aryl methyl sites for hydroxylation is 1. The highest BCUT2D eigenvalue weighted by molar-refractivity contribution is 7.69. The summed E-state index contributed by atoms with van der Waals surface area (Å²) >= 11 is 0. The van der Waals surface area contributed by atoms with Crippen molar-refractivity contribution in [3.05, 3.63) is 178 Å². The summed E-state index contributed by atoms with van der Waals surface area (Å²) in [5.41, 5.74) is 5.55. The van der Waals surface area contributed by atoms with Gasteiger partial charge in [0.15, 0.2) is 5.75 Å². The lowest BCUT2D eigenvalue weighted by molar-refractivity contribution is -0.130. The highest BCUT2D eigenvalue weighted by atomic mass is 31.2. The van der Waals surface area contributed by atoms with E-state index in [-0.39, 0.29) is 39.3 Å². The van der Waals surface area contributed by atoms with E-state index in [0.29, 0.717) is 33.3 Å². The standard InChI is InChI=1S/C48H35N2O8P/c1-27(2)47(55)57-41-26-32(48(4,31-18-14-28(3)15-19-31)59(56)42-13-9-7-11-34(42)33-10-6-8-12-40(33)58-59)20-23-39(41)50-45(53)36-22-17-30(25-38(36)46(50)54)29-16-21-35-37(24-29)44(52)49(5)43(35)51/h6-26H,1H2,2-5H3. The Morgan fingerprint density at radius 3 is 1.90 bits per heavy atom. The number of imide groups is 2. The maximum Gasteiger partial charge on any atom is 0.338 e. The summed E-state index contributed by atoms with van der Waals surface area (Å²) in [4.78, 5) is 69.1. The molecule has 290 valence electrons. The van der Waals surface area contributed by atoms with Crippen molar-refractivity contribution < 1.29 is 37.8 Å². The van der Waals surface area contributed by atoms with Crippen molar-refractivity contribution in [1.29, 1.82) is 0 Å². The molecule has 3 heterocycles. The monoisotopic (exact) mass is 798 g/mol. The largest absolute Gasteiger partial charge is 0.438 e. The minimum atomic E-state index is -4.00. The van der Waals surface area contributed by atoms with E-state index in [2.05, 4.69) is 6.58 Å². The molecule has 0 N–H and O–H groups in total. The average molecular weight is 799 g/mol. The predicted octanol–water partition coefficient (Wildman–Crippen LogP) is 9.10. The molecule has 6 aromatic rings. The smallest absolute Gasteiger partial charge is 0.338 e. The summed E-state index contributed by atoms with van der Waals surface area (Å²) in [7, 11) is -2.59. The summed E-state index contributed by atoms with van der Waals surface area (Å²) in [5, 5.41) is -0.908. The Bertz CT molecular complexity index is 2950. The number of anilines is 1. The zero-order valence-corrected chi connectivity index (χ0v) is 33.3. The third kappa shape index (κ3) is 5.55. The molecular weight excluding hydrogens is 764 g/mol. The number of fused-ring (bicyclic) bond motifs is 5. The first-order valence-corrected chi connectivity index (χ1v) is 20.4. The number of para-hydroxylation sites is 1. The maximum absolute atomic E-state index is 16.1. The molecule has 0 saturated heterocycles. The van der Waals surface area contributed by atoms with E-state index in [4.69, 9.17) is 9.26 Å². The molecule has 11 heteroatoms. The molecule has 6 aromatic carbocycles. The molecule has 0 aromatic heterocycles. The summed E-state index contributed by atoms with van der Waals surface area (Å²) in [6.07, 6.45) is 0. The van der Waals surface area contributed by atoms with Gasteiger partial charge in [-0.1, -0.05) is 91.0 Å². The number of nitrogens with zero attached hydrogens (tertiary/aromatic N) is 2. The van der Waals surface area contributed by atoms with Crippen LogP contribution < -0.4 is 19.5 Å². The van der Waals surface area contributed by atoms with Crippen molar-refractivity contribution in [2.75, 3.05) is 11.9 Å². The molecule has 0 spiro atoms. The molecule has 9 rings (SSSR count). The van der Waals surface area contributed by atoms with Gasteiger partial charge in [-0.3, -0.25) is 28.6 Å². The topological polar surface area (TPSA) is 127 Å². The lowest BCUT2D eigenvalue weighted by Gasteiger charge is -2.41. The third-order valence-corrected chi connectivity index (χ3v) is 14.6. The summed E-state index contributed by atoms with van der Waals surface area (Å²) in [6, 6.07) is 36.8. The van der Waals surface area contributed by atoms with Gasteiger partial charge in [0.1, 0.15) is 10.9 Å². The predicted molar refractivity (Wildman–Crippen MR) is 224 cm³/mol. The molecule has 3 aliphatic heterocycles. The van der Waals surface area contributed by atoms with Gasteiger partial charge < -0.3 is 9.26 Å². The first kappa shape index (κ1) is 37.4. The van der Waals surface area contributed by atoms with Crippen LogP contribution in [0.15, 0.2) is 140 Å². The molecule has 0 fully saturated rings. The van der Waals surface area contributed by atoms with Crippen LogP contribution in [0.25, 0.3) is 22.3 Å². The number of rotatable bonds is 7. The van der Waals surface area contributed by atoms with Crippen LogP contribution in [0.3, 0.4) is 0 Å². The second-order valence-electron chi connectivity index (χ2n) is 15.1. The van der Waals surface area contributed by atoms with Crippen molar-refractivity contribution in [3.8, 4) is 33.8 Å². The second kappa shape index (κ2) is 13.5. The quantitative estimate of drug-likeness (QED) is 0.0515. The van der Waals surface area contributed by atoms with Gasteiger partial charge >= 0.3 is 5.97 Å². The summed E-state index contributed by atoms with van der Waals surface area (Å²) in [6.45, 7) is 9.00. The summed E-state index contributed by atoms with van der Waals surface area (Å²) < 4.78 is 28.7. The molecule has 10 nitrogen and oxygen atoms in total. The fraction of sp³-hybridized carbons (Fsp3) is 0.104. The van der Waals surface area contributed by atoms with E-state index in [1.165, 1.54) is 32.2 Å². The van der Waals surface area contributed by atoms with Gasteiger partial charge in [-0.25, -0.2) is 9.69 Å². The van der Waals surface area contributed by atoms with Crippen LogP contribution in [0, 0.1) is 6.92 Å². The van der Waals surface area contributed by atoms with Crippen LogP contribution in [-0.4, -0.2) is 41.5 Å². The SMILES string of the molecule is C=C(C)C(=O)Oc1cc(C(C)(c2ccc(C)cc2)P2(=O)Oc3ccccc3-c3ccccc32)ccc1N1C(=O)c2ccc(-c3ccc4c(c3)C(=O)N(C)C4=O)cc2C1=O. The number of carbonyl (C=O) groups excluding carboxylic acids is 5. The number of esters is 1. The number of benzene rings is 6. The lowest BCUT2D eigenvalue weighted by Crippen LogP contribution is -2.35. The molecule has 2 atom stereocenters. The van der Waals surface area contributed by atoms with E-state index in [1.54, 1.807) is 48.5 Å².